The van der Waals surface area contributed by atoms with Gasteiger partial charge in [-0.15, -0.1) is 0 Å². The summed E-state index contributed by atoms with van der Waals surface area (Å²) in [6, 6.07) is 8.21. The maximum absolute atomic E-state index is 5.94. The number of aryl methyl sites for hydroxylation is 2. The van der Waals surface area contributed by atoms with Crippen LogP contribution in [-0.2, 0) is 6.54 Å². The van der Waals surface area contributed by atoms with Crippen molar-refractivity contribution in [2.45, 2.75) is 33.4 Å². The molecule has 0 aliphatic rings. The normalized spacial score (nSPS) is 12.9. The molecule has 4 nitrogen and oxygen atoms in total. The molecule has 0 amide bonds. The zero-order chi connectivity index (χ0) is 14.1. The number of hydrogen-bond acceptors (Lipinski definition) is 4. The van der Waals surface area contributed by atoms with Crippen molar-refractivity contribution in [1.82, 2.24) is 10.3 Å². The smallest absolute Gasteiger partial charge is 0.208 e. The summed E-state index contributed by atoms with van der Waals surface area (Å²) >= 11 is 0. The third-order valence-corrected chi connectivity index (χ3v) is 3.50. The van der Waals surface area contributed by atoms with Gasteiger partial charge in [0.25, 0.3) is 0 Å². The van der Waals surface area contributed by atoms with E-state index in [1.807, 2.05) is 25.1 Å². The Balaban J connectivity index is 1.78. The molecule has 1 atom stereocenters. The molecule has 0 aliphatic carbocycles. The number of hydrogen-bond donors (Lipinski definition) is 1. The lowest BCUT2D eigenvalue weighted by Crippen LogP contribution is -2.18. The topological polar surface area (TPSA) is 51.2 Å². The van der Waals surface area contributed by atoms with Gasteiger partial charge in [0.2, 0.25) is 5.89 Å². The molecule has 3 rings (SSSR count). The Morgan fingerprint density at radius 1 is 1.20 bits per heavy atom. The fraction of sp³-hybridized carbons (Fsp3) is 0.312. The van der Waals surface area contributed by atoms with Crippen LogP contribution in [0.25, 0.3) is 11.0 Å². The van der Waals surface area contributed by atoms with Gasteiger partial charge in [-0.25, -0.2) is 4.98 Å². The fourth-order valence-corrected chi connectivity index (χ4v) is 2.42. The van der Waals surface area contributed by atoms with Crippen LogP contribution >= 0.6 is 0 Å². The summed E-state index contributed by atoms with van der Waals surface area (Å²) in [6.07, 6.45) is 1.73. The molecule has 0 saturated carbocycles. The maximum Gasteiger partial charge on any atom is 0.208 e. The highest BCUT2D eigenvalue weighted by Gasteiger charge is 2.16. The minimum atomic E-state index is 0.106. The first kappa shape index (κ1) is 12.9. The van der Waals surface area contributed by atoms with Crippen molar-refractivity contribution in [2.75, 3.05) is 0 Å². The van der Waals surface area contributed by atoms with E-state index >= 15 is 0 Å². The second kappa shape index (κ2) is 5.13. The van der Waals surface area contributed by atoms with Crippen LogP contribution < -0.4 is 5.32 Å². The van der Waals surface area contributed by atoms with Crippen molar-refractivity contribution < 1.29 is 8.83 Å². The average molecular weight is 270 g/mol. The van der Waals surface area contributed by atoms with Gasteiger partial charge < -0.3 is 8.83 Å². The standard InChI is InChI=1S/C16H18N2O2/c1-10-8-18-15(19-10)9-17-12(3)16-11(2)13-6-4-5-7-14(13)20-16/h4-8,12,17H,9H2,1-3H3. The SMILES string of the molecule is Cc1cnc(CNC(C)c2oc3ccccc3c2C)o1. The Morgan fingerprint density at radius 2 is 2.00 bits per heavy atom. The van der Waals surface area contributed by atoms with Crippen LogP contribution in [0.4, 0.5) is 0 Å². The number of oxazole rings is 1. The predicted molar refractivity (Wildman–Crippen MR) is 77.4 cm³/mol. The lowest BCUT2D eigenvalue weighted by atomic mass is 10.1. The molecule has 0 aliphatic heterocycles. The first-order chi connectivity index (χ1) is 9.65. The number of nitrogens with one attached hydrogen (secondary N) is 1. The molecule has 0 spiro atoms. The summed E-state index contributed by atoms with van der Waals surface area (Å²) in [5, 5.41) is 4.55. The van der Waals surface area contributed by atoms with E-state index in [-0.39, 0.29) is 6.04 Å². The van der Waals surface area contributed by atoms with Gasteiger partial charge in [0, 0.05) is 5.39 Å². The van der Waals surface area contributed by atoms with E-state index in [9.17, 15) is 0 Å². The van der Waals surface area contributed by atoms with Crippen LogP contribution in [0.2, 0.25) is 0 Å². The van der Waals surface area contributed by atoms with Crippen LogP contribution in [-0.4, -0.2) is 4.98 Å². The third kappa shape index (κ3) is 2.34. The Labute approximate surface area is 117 Å². The van der Waals surface area contributed by atoms with Crippen molar-refractivity contribution in [3.8, 4) is 0 Å². The second-order valence-electron chi connectivity index (χ2n) is 5.05. The number of fused-ring (bicyclic) bond motifs is 1. The van der Waals surface area contributed by atoms with Crippen molar-refractivity contribution in [3.63, 3.8) is 0 Å². The summed E-state index contributed by atoms with van der Waals surface area (Å²) in [7, 11) is 0. The van der Waals surface area contributed by atoms with Crippen molar-refractivity contribution in [2.24, 2.45) is 0 Å². The van der Waals surface area contributed by atoms with Crippen molar-refractivity contribution >= 4 is 11.0 Å². The van der Waals surface area contributed by atoms with Crippen LogP contribution in [0, 0.1) is 13.8 Å². The van der Waals surface area contributed by atoms with Gasteiger partial charge in [-0.2, -0.15) is 0 Å². The van der Waals surface area contributed by atoms with E-state index in [1.54, 1.807) is 6.20 Å². The Hall–Kier alpha value is -2.07. The molecule has 0 radical (unpaired) electrons. The van der Waals surface area contributed by atoms with Gasteiger partial charge in [0.15, 0.2) is 0 Å². The minimum absolute atomic E-state index is 0.106. The molecule has 4 heteroatoms. The van der Waals surface area contributed by atoms with Gasteiger partial charge in [0.1, 0.15) is 17.1 Å². The number of nitrogens with zero attached hydrogens (tertiary/aromatic N) is 1. The Bertz CT molecular complexity index is 727. The molecule has 1 unspecified atom stereocenters. The van der Waals surface area contributed by atoms with E-state index in [0.29, 0.717) is 12.4 Å². The number of aromatic nitrogens is 1. The van der Waals surface area contributed by atoms with E-state index in [2.05, 4.69) is 30.2 Å². The largest absolute Gasteiger partial charge is 0.459 e. The molecule has 0 saturated heterocycles. The lowest BCUT2D eigenvalue weighted by Gasteiger charge is -2.10. The molecular weight excluding hydrogens is 252 g/mol. The van der Waals surface area contributed by atoms with Gasteiger partial charge in [-0.05, 0) is 32.4 Å². The summed E-state index contributed by atoms with van der Waals surface area (Å²) in [5.41, 5.74) is 2.12. The molecule has 3 aromatic rings. The molecule has 104 valence electrons. The molecule has 0 fully saturated rings. The van der Waals surface area contributed by atoms with E-state index in [4.69, 9.17) is 8.83 Å². The highest BCUT2D eigenvalue weighted by molar-refractivity contribution is 5.82. The molecule has 1 aromatic carbocycles. The van der Waals surface area contributed by atoms with Crippen LogP contribution in [0.15, 0.2) is 39.3 Å². The first-order valence-corrected chi connectivity index (χ1v) is 6.78. The molecular formula is C16H18N2O2. The van der Waals surface area contributed by atoms with E-state index in [1.165, 1.54) is 10.9 Å². The summed E-state index contributed by atoms with van der Waals surface area (Å²) in [4.78, 5) is 4.19. The number of furan rings is 1. The predicted octanol–water partition coefficient (Wildman–Crippen LogP) is 3.89. The van der Waals surface area contributed by atoms with Crippen LogP contribution in [0.1, 0.15) is 35.9 Å². The van der Waals surface area contributed by atoms with Crippen molar-refractivity contribution in [1.29, 1.82) is 0 Å². The highest BCUT2D eigenvalue weighted by atomic mass is 16.4. The van der Waals surface area contributed by atoms with Crippen molar-refractivity contribution in [3.05, 3.63) is 53.4 Å². The van der Waals surface area contributed by atoms with E-state index in [0.717, 1.165) is 17.1 Å². The third-order valence-electron chi connectivity index (χ3n) is 3.50. The Kier molecular flexibility index (Phi) is 3.32. The average Bonchev–Trinajstić information content (AvgIpc) is 3.01. The Morgan fingerprint density at radius 3 is 2.70 bits per heavy atom. The summed E-state index contributed by atoms with van der Waals surface area (Å²) < 4.78 is 11.4. The molecule has 1 N–H and O–H groups in total. The summed E-state index contributed by atoms with van der Waals surface area (Å²) in [5.74, 6) is 2.49. The van der Waals surface area contributed by atoms with Gasteiger partial charge in [-0.3, -0.25) is 5.32 Å². The first-order valence-electron chi connectivity index (χ1n) is 6.78. The number of benzene rings is 1. The fourth-order valence-electron chi connectivity index (χ4n) is 2.42. The molecule has 2 aromatic heterocycles. The van der Waals surface area contributed by atoms with Gasteiger partial charge in [-0.1, -0.05) is 18.2 Å². The minimum Gasteiger partial charge on any atom is -0.459 e. The van der Waals surface area contributed by atoms with E-state index < -0.39 is 0 Å². The quantitative estimate of drug-likeness (QED) is 0.781. The van der Waals surface area contributed by atoms with Crippen LogP contribution in [0.3, 0.4) is 0 Å². The highest BCUT2D eigenvalue weighted by Crippen LogP contribution is 2.29. The van der Waals surface area contributed by atoms with Gasteiger partial charge in [0.05, 0.1) is 18.8 Å². The lowest BCUT2D eigenvalue weighted by molar-refractivity contribution is 0.402. The van der Waals surface area contributed by atoms with Crippen LogP contribution in [0.5, 0.6) is 0 Å². The zero-order valence-electron chi connectivity index (χ0n) is 11.9. The number of para-hydroxylation sites is 1. The zero-order valence-corrected chi connectivity index (χ0v) is 11.9. The summed E-state index contributed by atoms with van der Waals surface area (Å²) in [6.45, 7) is 6.66. The monoisotopic (exact) mass is 270 g/mol. The maximum atomic E-state index is 5.94. The molecule has 0 bridgehead atoms. The molecule has 2 heterocycles. The molecule has 20 heavy (non-hydrogen) atoms. The van der Waals surface area contributed by atoms with Gasteiger partial charge >= 0.3 is 0 Å². The second-order valence-corrected chi connectivity index (χ2v) is 5.05. The number of rotatable bonds is 4.